The van der Waals surface area contributed by atoms with Gasteiger partial charge in [0.15, 0.2) is 0 Å². The van der Waals surface area contributed by atoms with Crippen molar-refractivity contribution in [2.24, 2.45) is 5.73 Å². The predicted molar refractivity (Wildman–Crippen MR) is 66.8 cm³/mol. The Morgan fingerprint density at radius 3 is 2.60 bits per heavy atom. The van der Waals surface area contributed by atoms with Gasteiger partial charge in [-0.2, -0.15) is 0 Å². The minimum Gasteiger partial charge on any atom is -0.506 e. The van der Waals surface area contributed by atoms with E-state index < -0.39 is 0 Å². The van der Waals surface area contributed by atoms with Crippen LogP contribution in [-0.2, 0) is 6.42 Å². The maximum atomic E-state index is 9.62. The first-order valence-corrected chi connectivity index (χ1v) is 5.25. The highest BCUT2D eigenvalue weighted by molar-refractivity contribution is 9.10. The van der Waals surface area contributed by atoms with E-state index in [2.05, 4.69) is 15.9 Å². The summed E-state index contributed by atoms with van der Waals surface area (Å²) in [6.07, 6.45) is 0.390. The van der Waals surface area contributed by atoms with Crippen LogP contribution >= 0.6 is 39.9 Å². The second-order valence-electron chi connectivity index (χ2n) is 3.04. The van der Waals surface area contributed by atoms with E-state index in [9.17, 15) is 5.11 Å². The molecule has 0 saturated heterocycles. The summed E-state index contributed by atoms with van der Waals surface area (Å²) in [7, 11) is 0. The number of aromatic hydroxyl groups is 1. The molecule has 1 aromatic rings. The van der Waals surface area contributed by atoms with Crippen molar-refractivity contribution in [1.82, 2.24) is 0 Å². The number of phenolic OH excluding ortho intramolecular Hbond substituents is 1. The number of nitrogens with two attached hydrogens (primary N) is 1. The lowest BCUT2D eigenvalue weighted by atomic mass is 10.1. The van der Waals surface area contributed by atoms with Crippen LogP contribution in [0.1, 0.15) is 5.56 Å². The molecule has 0 aliphatic heterocycles. The number of phenols is 1. The van der Waals surface area contributed by atoms with Crippen molar-refractivity contribution < 1.29 is 10.2 Å². The molecule has 0 aromatic heterocycles. The van der Waals surface area contributed by atoms with E-state index in [1.807, 2.05) is 0 Å². The maximum Gasteiger partial charge on any atom is 0.133 e. The summed E-state index contributed by atoms with van der Waals surface area (Å²) in [6, 6.07) is 2.86. The molecule has 3 nitrogen and oxygen atoms in total. The number of rotatable bonds is 3. The number of aliphatic hydroxyl groups is 1. The lowest BCUT2D eigenvalue weighted by Crippen LogP contribution is -2.26. The van der Waals surface area contributed by atoms with Crippen LogP contribution in [0.2, 0.25) is 5.02 Å². The average Bonchev–Trinajstić information content (AvgIpc) is 2.13. The standard InChI is InChI=1S/C9H11BrClNO2.ClH/c10-8-3-6(11)1-5(9(8)14)2-7(12)4-13;/h1,3,7,13-14H,2,4,12H2;1H. The Morgan fingerprint density at radius 1 is 1.47 bits per heavy atom. The van der Waals surface area contributed by atoms with Crippen LogP contribution in [0.3, 0.4) is 0 Å². The van der Waals surface area contributed by atoms with Crippen molar-refractivity contribution in [2.75, 3.05) is 6.61 Å². The van der Waals surface area contributed by atoms with Crippen molar-refractivity contribution >= 4 is 39.9 Å². The van der Waals surface area contributed by atoms with Gasteiger partial charge in [-0.15, -0.1) is 12.4 Å². The van der Waals surface area contributed by atoms with E-state index in [1.165, 1.54) is 0 Å². The van der Waals surface area contributed by atoms with Gasteiger partial charge >= 0.3 is 0 Å². The van der Waals surface area contributed by atoms with Crippen LogP contribution in [0, 0.1) is 0 Å². The first kappa shape index (κ1) is 15.0. The molecule has 4 N–H and O–H groups in total. The third-order valence-electron chi connectivity index (χ3n) is 1.82. The van der Waals surface area contributed by atoms with Crippen molar-refractivity contribution in [3.05, 3.63) is 27.2 Å². The van der Waals surface area contributed by atoms with Gasteiger partial charge in [0, 0.05) is 11.1 Å². The van der Waals surface area contributed by atoms with Crippen molar-refractivity contribution in [2.45, 2.75) is 12.5 Å². The van der Waals surface area contributed by atoms with E-state index in [0.29, 0.717) is 21.5 Å². The lowest BCUT2D eigenvalue weighted by molar-refractivity contribution is 0.264. The third kappa shape index (κ3) is 4.17. The molecule has 0 radical (unpaired) electrons. The second-order valence-corrected chi connectivity index (χ2v) is 4.33. The average molecular weight is 317 g/mol. The summed E-state index contributed by atoms with van der Waals surface area (Å²) in [5.74, 6) is 0.123. The molecule has 1 rings (SSSR count). The molecule has 0 amide bonds. The molecule has 1 aromatic carbocycles. The topological polar surface area (TPSA) is 66.5 Å². The minimum atomic E-state index is -0.383. The fraction of sp³-hybridized carbons (Fsp3) is 0.333. The molecule has 6 heteroatoms. The molecule has 0 saturated carbocycles. The first-order valence-electron chi connectivity index (χ1n) is 4.08. The molecule has 1 atom stereocenters. The number of hydrogen-bond donors (Lipinski definition) is 3. The molecule has 0 heterocycles. The SMILES string of the molecule is Cl.NC(CO)Cc1cc(Cl)cc(Br)c1O. The summed E-state index contributed by atoms with van der Waals surface area (Å²) >= 11 is 8.98. The number of aliphatic hydroxyl groups excluding tert-OH is 1. The Balaban J connectivity index is 0.00000196. The molecular weight excluding hydrogens is 305 g/mol. The summed E-state index contributed by atoms with van der Waals surface area (Å²) in [4.78, 5) is 0. The molecule has 0 bridgehead atoms. The fourth-order valence-electron chi connectivity index (χ4n) is 1.12. The highest BCUT2D eigenvalue weighted by Crippen LogP contribution is 2.31. The zero-order chi connectivity index (χ0) is 10.7. The largest absolute Gasteiger partial charge is 0.506 e. The van der Waals surface area contributed by atoms with Crippen LogP contribution in [0.15, 0.2) is 16.6 Å². The third-order valence-corrected chi connectivity index (χ3v) is 2.65. The van der Waals surface area contributed by atoms with Crippen LogP contribution in [0.5, 0.6) is 5.75 Å². The van der Waals surface area contributed by atoms with Gasteiger partial charge < -0.3 is 15.9 Å². The number of halogens is 3. The molecule has 86 valence electrons. The first-order chi connectivity index (χ1) is 6.54. The minimum absolute atomic E-state index is 0. The fourth-order valence-corrected chi connectivity index (χ4v) is 2.00. The van der Waals surface area contributed by atoms with E-state index in [4.69, 9.17) is 22.4 Å². The van der Waals surface area contributed by atoms with Gasteiger partial charge in [0.2, 0.25) is 0 Å². The lowest BCUT2D eigenvalue weighted by Gasteiger charge is -2.11. The van der Waals surface area contributed by atoms with Crippen LogP contribution in [0.4, 0.5) is 0 Å². The Kier molecular flexibility index (Phi) is 6.55. The summed E-state index contributed by atoms with van der Waals surface area (Å²) in [6.45, 7) is -0.121. The van der Waals surface area contributed by atoms with E-state index >= 15 is 0 Å². The zero-order valence-corrected chi connectivity index (χ0v) is 10.9. The molecule has 0 aliphatic rings. The highest BCUT2D eigenvalue weighted by atomic mass is 79.9. The smallest absolute Gasteiger partial charge is 0.133 e. The Hall–Kier alpha value is -0.000000000000000111. The highest BCUT2D eigenvalue weighted by Gasteiger charge is 2.10. The van der Waals surface area contributed by atoms with Crippen LogP contribution in [0.25, 0.3) is 0 Å². The second kappa shape index (κ2) is 6.55. The summed E-state index contributed by atoms with van der Waals surface area (Å²) < 4.78 is 0.533. The Labute approximate surface area is 108 Å². The van der Waals surface area contributed by atoms with Crippen molar-refractivity contribution in [1.29, 1.82) is 0 Å². The molecular formula is C9H12BrCl2NO2. The van der Waals surface area contributed by atoms with Gasteiger partial charge in [0.1, 0.15) is 5.75 Å². The quantitative estimate of drug-likeness (QED) is 0.800. The Bertz CT molecular complexity index is 336. The molecule has 0 aliphatic carbocycles. The van der Waals surface area contributed by atoms with Gasteiger partial charge in [0.25, 0.3) is 0 Å². The normalized spacial score (nSPS) is 12.0. The van der Waals surface area contributed by atoms with Gasteiger partial charge in [-0.05, 0) is 40.0 Å². The van der Waals surface area contributed by atoms with E-state index in [-0.39, 0.29) is 30.8 Å². The van der Waals surface area contributed by atoms with E-state index in [1.54, 1.807) is 12.1 Å². The van der Waals surface area contributed by atoms with Crippen LogP contribution < -0.4 is 5.73 Å². The number of benzene rings is 1. The molecule has 15 heavy (non-hydrogen) atoms. The van der Waals surface area contributed by atoms with Crippen molar-refractivity contribution in [3.8, 4) is 5.75 Å². The maximum absolute atomic E-state index is 9.62. The van der Waals surface area contributed by atoms with Gasteiger partial charge in [-0.25, -0.2) is 0 Å². The summed E-state index contributed by atoms with van der Waals surface area (Å²) in [5, 5.41) is 18.9. The van der Waals surface area contributed by atoms with Gasteiger partial charge in [-0.3, -0.25) is 0 Å². The van der Waals surface area contributed by atoms with Crippen LogP contribution in [-0.4, -0.2) is 22.9 Å². The predicted octanol–water partition coefficient (Wildman–Crippen LogP) is 2.09. The zero-order valence-electron chi connectivity index (χ0n) is 7.78. The molecule has 1 unspecified atom stereocenters. The monoisotopic (exact) mass is 315 g/mol. The molecule has 0 fully saturated rings. The number of hydrogen-bond acceptors (Lipinski definition) is 3. The van der Waals surface area contributed by atoms with Gasteiger partial charge in [-0.1, -0.05) is 11.6 Å². The van der Waals surface area contributed by atoms with Gasteiger partial charge in [0.05, 0.1) is 11.1 Å². The van der Waals surface area contributed by atoms with Crippen molar-refractivity contribution in [3.63, 3.8) is 0 Å². The molecule has 0 spiro atoms. The summed E-state index contributed by atoms with van der Waals surface area (Å²) in [5.41, 5.74) is 6.19. The van der Waals surface area contributed by atoms with E-state index in [0.717, 1.165) is 0 Å². The Morgan fingerprint density at radius 2 is 2.07 bits per heavy atom.